The molecule has 204 valence electrons. The quantitative estimate of drug-likeness (QED) is 0.160. The summed E-state index contributed by atoms with van der Waals surface area (Å²) in [5.41, 5.74) is -1.47. The number of aliphatic hydroxyl groups is 2. The zero-order chi connectivity index (χ0) is 27.4. The number of hydrogen-bond acceptors (Lipinski definition) is 10. The summed E-state index contributed by atoms with van der Waals surface area (Å²) in [5.74, 6) is -0.669. The van der Waals surface area contributed by atoms with Crippen molar-refractivity contribution in [2.75, 3.05) is 13.2 Å². The third-order valence-electron chi connectivity index (χ3n) is 5.14. The Labute approximate surface area is 224 Å². The van der Waals surface area contributed by atoms with Crippen molar-refractivity contribution in [3.63, 3.8) is 0 Å². The molecule has 0 spiro atoms. The predicted molar refractivity (Wildman–Crippen MR) is 135 cm³/mol. The van der Waals surface area contributed by atoms with E-state index in [0.717, 1.165) is 16.8 Å². The number of aromatic amines is 1. The molecule has 1 aliphatic rings. The van der Waals surface area contributed by atoms with E-state index in [-0.39, 0.29) is 5.75 Å². The zero-order valence-electron chi connectivity index (χ0n) is 19.7. The minimum Gasteiger partial charge on any atom is -0.459 e. The molecule has 1 aromatic carbocycles. The number of halogens is 2. The molecule has 4 N–H and O–H groups in total. The lowest BCUT2D eigenvalue weighted by atomic mass is 10.2. The van der Waals surface area contributed by atoms with Crippen LogP contribution >= 0.6 is 35.3 Å². The highest BCUT2D eigenvalue weighted by molar-refractivity contribution is 9.10. The maximum atomic E-state index is 13.6. The van der Waals surface area contributed by atoms with E-state index in [1.807, 2.05) is 0 Å². The molecule has 0 radical (unpaired) electrons. The fraction of sp³-hybridized carbons (Fsp3) is 0.476. The highest BCUT2D eigenvalue weighted by Gasteiger charge is 2.55. The molecule has 2 aromatic rings. The molecule has 2 heterocycles. The van der Waals surface area contributed by atoms with Gasteiger partial charge in [-0.25, -0.2) is 9.36 Å². The van der Waals surface area contributed by atoms with Crippen LogP contribution in [0.15, 0.2) is 52.2 Å². The molecule has 0 amide bonds. The molecule has 1 saturated heterocycles. The molecule has 7 atom stereocenters. The van der Waals surface area contributed by atoms with Crippen molar-refractivity contribution < 1.29 is 38.1 Å². The number of carbonyl (C=O) groups excluding carboxylic acids is 1. The van der Waals surface area contributed by atoms with Gasteiger partial charge < -0.3 is 24.2 Å². The van der Waals surface area contributed by atoms with Gasteiger partial charge in [-0.1, -0.05) is 45.7 Å². The van der Waals surface area contributed by atoms with Gasteiger partial charge in [0.15, 0.2) is 10.0 Å². The number of rotatable bonds is 11. The van der Waals surface area contributed by atoms with Gasteiger partial charge in [0.2, 0.25) is 0 Å². The van der Waals surface area contributed by atoms with Crippen molar-refractivity contribution in [1.82, 2.24) is 14.6 Å². The van der Waals surface area contributed by atoms with E-state index in [2.05, 4.69) is 26.0 Å². The van der Waals surface area contributed by atoms with E-state index in [1.54, 1.807) is 18.2 Å². The average Bonchev–Trinajstić information content (AvgIpc) is 3.06. The molecule has 1 aliphatic heterocycles. The fourth-order valence-corrected chi connectivity index (χ4v) is 5.65. The lowest BCUT2D eigenvalue weighted by Crippen LogP contribution is -2.41. The molecule has 3 rings (SSSR count). The number of para-hydroxylation sites is 1. The lowest BCUT2D eigenvalue weighted by molar-refractivity contribution is -0.151. The van der Waals surface area contributed by atoms with Crippen molar-refractivity contribution in [2.45, 2.75) is 48.2 Å². The van der Waals surface area contributed by atoms with Gasteiger partial charge in [0.1, 0.15) is 30.1 Å². The van der Waals surface area contributed by atoms with E-state index in [0.29, 0.717) is 0 Å². The van der Waals surface area contributed by atoms with Crippen LogP contribution < -0.4 is 20.9 Å². The molecule has 2 unspecified atom stereocenters. The third kappa shape index (κ3) is 7.30. The van der Waals surface area contributed by atoms with Crippen LogP contribution in [0.25, 0.3) is 0 Å². The Morgan fingerprint density at radius 2 is 2.00 bits per heavy atom. The number of alkyl halides is 2. The van der Waals surface area contributed by atoms with Gasteiger partial charge in [0, 0.05) is 12.3 Å². The van der Waals surface area contributed by atoms with Gasteiger partial charge in [-0.3, -0.25) is 23.7 Å². The first kappa shape index (κ1) is 29.5. The summed E-state index contributed by atoms with van der Waals surface area (Å²) < 4.78 is 34.7. The number of ether oxygens (including phenoxy) is 2. The standard InChI is InChI=1S/C21H26BrClN3O10P/c1-12(10-27)34-18(30)13(2)25-37(32,36-14-6-4-3-5-7-14)33-11-15-17(29)21(22,23)19(35-15)26-9-8-16(28)24-20(26)31/h3-9,12-13,15,17,19,27,29H,10-11H2,1-2H3,(H,25,32)(H,24,28,31)/t12?,13-,15+,17+,19+,21-,37?/m0/s1. The lowest BCUT2D eigenvalue weighted by Gasteiger charge is -2.25. The Balaban J connectivity index is 1.79. The van der Waals surface area contributed by atoms with E-state index >= 15 is 0 Å². The van der Waals surface area contributed by atoms with Crippen LogP contribution in [0.3, 0.4) is 0 Å². The van der Waals surface area contributed by atoms with Crippen molar-refractivity contribution in [3.05, 3.63) is 63.4 Å². The predicted octanol–water partition coefficient (Wildman–Crippen LogP) is 1.23. The monoisotopic (exact) mass is 625 g/mol. The van der Waals surface area contributed by atoms with Crippen molar-refractivity contribution in [3.8, 4) is 5.75 Å². The van der Waals surface area contributed by atoms with Gasteiger partial charge in [-0.2, -0.15) is 5.09 Å². The number of H-pyrrole nitrogens is 1. The second-order valence-electron chi connectivity index (χ2n) is 8.14. The fourth-order valence-electron chi connectivity index (χ4n) is 3.23. The van der Waals surface area contributed by atoms with Crippen LogP contribution in [0.4, 0.5) is 0 Å². The summed E-state index contributed by atoms with van der Waals surface area (Å²) in [4.78, 5) is 38.0. The number of carbonyl (C=O) groups is 1. The van der Waals surface area contributed by atoms with Crippen LogP contribution in [0, 0.1) is 0 Å². The number of aromatic nitrogens is 2. The highest BCUT2D eigenvalue weighted by atomic mass is 79.9. The molecule has 13 nitrogen and oxygen atoms in total. The number of nitrogens with one attached hydrogen (secondary N) is 2. The van der Waals surface area contributed by atoms with Crippen molar-refractivity contribution in [1.29, 1.82) is 0 Å². The Morgan fingerprint density at radius 1 is 1.32 bits per heavy atom. The second-order valence-corrected chi connectivity index (χ2v) is 12.2. The van der Waals surface area contributed by atoms with Crippen LogP contribution in [0.2, 0.25) is 0 Å². The Bertz CT molecular complexity index is 1240. The first-order chi connectivity index (χ1) is 17.4. The highest BCUT2D eigenvalue weighted by Crippen LogP contribution is 2.50. The van der Waals surface area contributed by atoms with Crippen LogP contribution in [0.1, 0.15) is 20.1 Å². The molecule has 1 fully saturated rings. The van der Waals surface area contributed by atoms with Crippen LogP contribution in [0.5, 0.6) is 5.75 Å². The third-order valence-corrected chi connectivity index (χ3v) is 8.06. The Morgan fingerprint density at radius 3 is 2.62 bits per heavy atom. The number of esters is 1. The SMILES string of the molecule is CC(CO)OC(=O)[C@H](C)NP(=O)(OC[C@H]1O[C@@H](n2ccc(=O)[nH]c2=O)[C@](Cl)(Br)[C@@H]1O)Oc1ccccc1. The molecular weight excluding hydrogens is 601 g/mol. The normalized spacial score (nSPS) is 26.7. The van der Waals surface area contributed by atoms with Gasteiger partial charge in [-0.15, -0.1) is 0 Å². The van der Waals surface area contributed by atoms with E-state index < -0.39 is 72.5 Å². The summed E-state index contributed by atoms with van der Waals surface area (Å²) >= 11 is 9.58. The van der Waals surface area contributed by atoms with Gasteiger partial charge >= 0.3 is 19.4 Å². The van der Waals surface area contributed by atoms with Crippen molar-refractivity contribution in [2.24, 2.45) is 0 Å². The minimum absolute atomic E-state index is 0.153. The minimum atomic E-state index is -4.31. The molecule has 37 heavy (non-hydrogen) atoms. The first-order valence-corrected chi connectivity index (χ1v) is 13.7. The Hall–Kier alpha value is -2.03. The van der Waals surface area contributed by atoms with Crippen LogP contribution in [-0.4, -0.2) is 67.1 Å². The molecule has 16 heteroatoms. The van der Waals surface area contributed by atoms with Gasteiger partial charge in [0.05, 0.1) is 13.2 Å². The smallest absolute Gasteiger partial charge is 0.459 e. The number of hydrogen-bond donors (Lipinski definition) is 4. The Kier molecular flexibility index (Phi) is 9.75. The topological polar surface area (TPSA) is 178 Å². The van der Waals surface area contributed by atoms with Gasteiger partial charge in [-0.05, 0) is 26.0 Å². The van der Waals surface area contributed by atoms with Crippen molar-refractivity contribution >= 4 is 41.2 Å². The maximum Gasteiger partial charge on any atom is 0.459 e. The molecular formula is C21H26BrClN3O10P. The molecule has 0 saturated carbocycles. The zero-order valence-corrected chi connectivity index (χ0v) is 22.9. The largest absolute Gasteiger partial charge is 0.459 e. The van der Waals surface area contributed by atoms with Crippen LogP contribution in [-0.2, 0) is 23.4 Å². The number of nitrogens with zero attached hydrogens (tertiary/aromatic N) is 1. The summed E-state index contributed by atoms with van der Waals surface area (Å²) in [6.07, 6.45) is -3.66. The van der Waals surface area contributed by atoms with E-state index in [9.17, 15) is 24.1 Å². The summed E-state index contributed by atoms with van der Waals surface area (Å²) in [5, 5.41) is 22.3. The average molecular weight is 627 g/mol. The van der Waals surface area contributed by atoms with Gasteiger partial charge in [0.25, 0.3) is 5.56 Å². The number of benzene rings is 1. The molecule has 0 aliphatic carbocycles. The summed E-state index contributed by atoms with van der Waals surface area (Å²) in [6, 6.07) is 7.87. The molecule has 0 bridgehead atoms. The second kappa shape index (κ2) is 12.2. The summed E-state index contributed by atoms with van der Waals surface area (Å²) in [6.45, 7) is 1.87. The number of aliphatic hydroxyl groups excluding tert-OH is 2. The summed E-state index contributed by atoms with van der Waals surface area (Å²) in [7, 11) is -4.31. The molecule has 1 aromatic heterocycles. The first-order valence-electron chi connectivity index (χ1n) is 11.0. The van der Waals surface area contributed by atoms with E-state index in [1.165, 1.54) is 26.0 Å². The maximum absolute atomic E-state index is 13.6. The van der Waals surface area contributed by atoms with E-state index in [4.69, 9.17) is 35.2 Å².